The zero-order valence-electron chi connectivity index (χ0n) is 20.7. The normalized spacial score (nSPS) is 12.6. The largest absolute Gasteiger partial charge is 0.417 e. The Morgan fingerprint density at radius 2 is 1.78 bits per heavy atom. The predicted molar refractivity (Wildman–Crippen MR) is 135 cm³/mol. The molecular formula is C27H38FNO2Si. The van der Waals surface area contributed by atoms with Crippen LogP contribution in [0.15, 0.2) is 35.9 Å². The predicted octanol–water partition coefficient (Wildman–Crippen LogP) is 7.28. The van der Waals surface area contributed by atoms with Crippen LogP contribution in [-0.4, -0.2) is 26.9 Å². The second-order valence-corrected chi connectivity index (χ2v) is 11.7. The number of unbranched alkanes of at least 4 members (excludes halogenated alkanes) is 1. The van der Waals surface area contributed by atoms with E-state index < -0.39 is 9.04 Å². The Bertz CT molecular complexity index is 933. The first-order chi connectivity index (χ1) is 15.2. The summed E-state index contributed by atoms with van der Waals surface area (Å²) in [6.07, 6.45) is 3.83. The molecule has 0 fully saturated rings. The van der Waals surface area contributed by atoms with Gasteiger partial charge in [0.2, 0.25) is 0 Å². The van der Waals surface area contributed by atoms with Crippen molar-refractivity contribution < 1.29 is 13.6 Å². The molecule has 0 saturated heterocycles. The van der Waals surface area contributed by atoms with Crippen molar-refractivity contribution in [3.8, 4) is 11.1 Å². The van der Waals surface area contributed by atoms with E-state index >= 15 is 0 Å². The van der Waals surface area contributed by atoms with Crippen LogP contribution in [0.2, 0.25) is 13.1 Å². The van der Waals surface area contributed by atoms with E-state index in [0.717, 1.165) is 59.2 Å². The minimum absolute atomic E-state index is 0.130. The van der Waals surface area contributed by atoms with E-state index in [4.69, 9.17) is 9.41 Å². The Labute approximate surface area is 194 Å². The Hall–Kier alpha value is -2.11. The summed E-state index contributed by atoms with van der Waals surface area (Å²) in [6.45, 7) is 15.4. The first-order valence-electron chi connectivity index (χ1n) is 11.8. The fourth-order valence-electron chi connectivity index (χ4n) is 3.70. The highest BCUT2D eigenvalue weighted by Gasteiger charge is 2.23. The van der Waals surface area contributed by atoms with Crippen LogP contribution in [-0.2, 0) is 9.22 Å². The number of rotatable bonds is 11. The highest BCUT2D eigenvalue weighted by atomic mass is 28.3. The molecular weight excluding hydrogens is 417 g/mol. The van der Waals surface area contributed by atoms with E-state index in [9.17, 15) is 9.18 Å². The average Bonchev–Trinajstić information content (AvgIpc) is 2.75. The lowest BCUT2D eigenvalue weighted by atomic mass is 9.86. The van der Waals surface area contributed by atoms with Crippen LogP contribution in [0, 0.1) is 5.82 Å². The molecule has 0 aliphatic heterocycles. The third-order valence-corrected chi connectivity index (χ3v) is 6.39. The molecule has 0 radical (unpaired) electrons. The van der Waals surface area contributed by atoms with Gasteiger partial charge < -0.3 is 4.43 Å². The van der Waals surface area contributed by atoms with Gasteiger partial charge in [-0.15, -0.1) is 0 Å². The van der Waals surface area contributed by atoms with Crippen LogP contribution in [0.25, 0.3) is 16.7 Å². The van der Waals surface area contributed by atoms with Gasteiger partial charge in [0.25, 0.3) is 0 Å². The Morgan fingerprint density at radius 1 is 1.12 bits per heavy atom. The summed E-state index contributed by atoms with van der Waals surface area (Å²) in [5.74, 6) is 0.0903. The molecule has 1 aromatic carbocycles. The topological polar surface area (TPSA) is 39.2 Å². The summed E-state index contributed by atoms with van der Waals surface area (Å²) < 4.78 is 19.8. The molecule has 0 atom stereocenters. The zero-order valence-corrected chi connectivity index (χ0v) is 21.8. The molecule has 0 aliphatic rings. The van der Waals surface area contributed by atoms with Crippen molar-refractivity contribution in [1.82, 2.24) is 4.98 Å². The highest BCUT2D eigenvalue weighted by molar-refractivity contribution is 6.48. The number of hydrogen-bond acceptors (Lipinski definition) is 3. The number of benzene rings is 1. The number of carbonyl (C=O) groups is 1. The van der Waals surface area contributed by atoms with Crippen LogP contribution in [0.3, 0.4) is 0 Å². The molecule has 2 rings (SSSR count). The van der Waals surface area contributed by atoms with E-state index in [1.807, 2.05) is 0 Å². The number of carbonyl (C=O) groups excluding carboxylic acids is 1. The van der Waals surface area contributed by atoms with Crippen LogP contribution < -0.4 is 0 Å². The van der Waals surface area contributed by atoms with Gasteiger partial charge in [-0.3, -0.25) is 9.78 Å². The van der Waals surface area contributed by atoms with Crippen LogP contribution in [0.5, 0.6) is 0 Å². The van der Waals surface area contributed by atoms with Gasteiger partial charge in [-0.25, -0.2) is 4.39 Å². The minimum atomic E-state index is -1.25. The molecule has 0 saturated carbocycles. The number of allylic oxidation sites excluding steroid dienone is 1. The van der Waals surface area contributed by atoms with E-state index in [1.54, 1.807) is 12.1 Å². The maximum Gasteiger partial charge on any atom is 0.171 e. The third-order valence-electron chi connectivity index (χ3n) is 5.55. The summed E-state index contributed by atoms with van der Waals surface area (Å²) >= 11 is 0. The van der Waals surface area contributed by atoms with E-state index in [2.05, 4.69) is 53.8 Å². The third kappa shape index (κ3) is 6.69. The molecule has 0 N–H and O–H groups in total. The summed E-state index contributed by atoms with van der Waals surface area (Å²) in [5.41, 5.74) is 6.29. The molecule has 0 spiro atoms. The van der Waals surface area contributed by atoms with Crippen molar-refractivity contribution in [3.05, 3.63) is 58.7 Å². The lowest BCUT2D eigenvalue weighted by Gasteiger charge is -2.23. The van der Waals surface area contributed by atoms with E-state index in [-0.39, 0.29) is 17.7 Å². The average molecular weight is 456 g/mol. The number of aldehydes is 1. The van der Waals surface area contributed by atoms with Crippen molar-refractivity contribution in [2.75, 3.05) is 6.61 Å². The van der Waals surface area contributed by atoms with E-state index in [0.29, 0.717) is 12.2 Å². The molecule has 1 heterocycles. The van der Waals surface area contributed by atoms with Gasteiger partial charge in [-0.2, -0.15) is 0 Å². The van der Waals surface area contributed by atoms with Gasteiger partial charge in [-0.1, -0.05) is 53.2 Å². The van der Waals surface area contributed by atoms with Crippen molar-refractivity contribution in [2.24, 2.45) is 0 Å². The quantitative estimate of drug-likeness (QED) is 0.203. The van der Waals surface area contributed by atoms with E-state index in [1.165, 1.54) is 12.1 Å². The van der Waals surface area contributed by atoms with Crippen molar-refractivity contribution in [3.63, 3.8) is 0 Å². The Morgan fingerprint density at radius 3 is 2.28 bits per heavy atom. The lowest BCUT2D eigenvalue weighted by Crippen LogP contribution is -2.14. The molecule has 5 heteroatoms. The molecule has 1 aromatic heterocycles. The van der Waals surface area contributed by atoms with Crippen molar-refractivity contribution in [2.45, 2.75) is 78.8 Å². The van der Waals surface area contributed by atoms with Crippen LogP contribution >= 0.6 is 0 Å². The summed E-state index contributed by atoms with van der Waals surface area (Å²) in [6, 6.07) is 8.58. The smallest absolute Gasteiger partial charge is 0.171 e. The molecule has 3 nitrogen and oxygen atoms in total. The van der Waals surface area contributed by atoms with Gasteiger partial charge in [0.15, 0.2) is 15.3 Å². The van der Waals surface area contributed by atoms with Gasteiger partial charge in [0, 0.05) is 16.8 Å². The number of nitrogens with zero attached hydrogens (tertiary/aromatic N) is 1. The first-order valence-corrected chi connectivity index (χ1v) is 14.6. The molecule has 0 unspecified atom stereocenters. The Kier molecular flexibility index (Phi) is 9.98. The summed E-state index contributed by atoms with van der Waals surface area (Å²) in [7, 11) is -1.25. The standard InChI is InChI=1S/C27H38FNO2Si/c1-8-9-10-21(17-31-32(6)7)24(16-30)26-23(20-11-13-22(28)14-12-20)15-25(18(2)3)29-27(26)19(4)5/h11-16,18-19,32H,8-10,17H2,1-7H3. The molecule has 0 amide bonds. The second kappa shape index (κ2) is 12.2. The zero-order chi connectivity index (χ0) is 23.8. The maximum absolute atomic E-state index is 13.7. The fourth-order valence-corrected chi connectivity index (χ4v) is 4.23. The number of halogens is 1. The van der Waals surface area contributed by atoms with Gasteiger partial charge >= 0.3 is 0 Å². The van der Waals surface area contributed by atoms with Crippen molar-refractivity contribution >= 4 is 20.9 Å². The SMILES string of the molecule is CCCCC(CO[SiH](C)C)=C(C=O)c1c(-c2ccc(F)cc2)cc(C(C)C)nc1C(C)C. The number of aromatic nitrogens is 1. The molecule has 174 valence electrons. The van der Waals surface area contributed by atoms with Gasteiger partial charge in [0.1, 0.15) is 5.82 Å². The van der Waals surface area contributed by atoms with Gasteiger partial charge in [0.05, 0.1) is 12.3 Å². The van der Waals surface area contributed by atoms with Gasteiger partial charge in [-0.05, 0) is 72.7 Å². The number of hydrogen-bond donors (Lipinski definition) is 0. The van der Waals surface area contributed by atoms with Crippen molar-refractivity contribution in [1.29, 1.82) is 0 Å². The Balaban J connectivity index is 2.88. The summed E-state index contributed by atoms with van der Waals surface area (Å²) in [5, 5.41) is 0. The second-order valence-electron chi connectivity index (χ2n) is 9.27. The molecule has 0 aliphatic carbocycles. The maximum atomic E-state index is 13.7. The molecule has 0 bridgehead atoms. The fraction of sp³-hybridized carbons (Fsp3) is 0.481. The first kappa shape index (κ1) is 26.1. The molecule has 32 heavy (non-hydrogen) atoms. The monoisotopic (exact) mass is 455 g/mol. The van der Waals surface area contributed by atoms with Crippen LogP contribution in [0.4, 0.5) is 4.39 Å². The molecule has 2 aromatic rings. The highest BCUT2D eigenvalue weighted by Crippen LogP contribution is 2.37. The van der Waals surface area contributed by atoms with Crippen LogP contribution in [0.1, 0.15) is 82.7 Å². The lowest BCUT2D eigenvalue weighted by molar-refractivity contribution is -0.103. The number of pyridine rings is 1. The summed E-state index contributed by atoms with van der Waals surface area (Å²) in [4.78, 5) is 17.6. The minimum Gasteiger partial charge on any atom is -0.417 e.